The molecule has 0 saturated heterocycles. The summed E-state index contributed by atoms with van der Waals surface area (Å²) in [4.78, 5) is 12.7. The van der Waals surface area contributed by atoms with Crippen molar-refractivity contribution >= 4 is 35.0 Å². The van der Waals surface area contributed by atoms with Crippen molar-refractivity contribution in [2.75, 3.05) is 26.6 Å². The molecule has 0 aliphatic rings. The van der Waals surface area contributed by atoms with Gasteiger partial charge in [-0.1, -0.05) is 39.0 Å². The summed E-state index contributed by atoms with van der Waals surface area (Å²) >= 11 is 5.44. The van der Waals surface area contributed by atoms with Gasteiger partial charge in [0.15, 0.2) is 16.6 Å². The molecule has 0 aromatic heterocycles. The molecule has 0 saturated carbocycles. The highest BCUT2D eigenvalue weighted by atomic mass is 32.1. The molecule has 0 aliphatic carbocycles. The lowest BCUT2D eigenvalue weighted by Gasteiger charge is -2.28. The van der Waals surface area contributed by atoms with Gasteiger partial charge in [-0.3, -0.25) is 4.79 Å². The molecule has 7 nitrogen and oxygen atoms in total. The molecule has 0 fully saturated rings. The van der Waals surface area contributed by atoms with Crippen LogP contribution in [0.25, 0.3) is 6.08 Å². The van der Waals surface area contributed by atoms with E-state index in [1.807, 2.05) is 30.3 Å². The molecule has 2 aromatic rings. The van der Waals surface area contributed by atoms with E-state index in [0.29, 0.717) is 28.8 Å². The van der Waals surface area contributed by atoms with Crippen LogP contribution in [0, 0.1) is 5.41 Å². The molecule has 0 spiro atoms. The zero-order valence-electron chi connectivity index (χ0n) is 20.0. The van der Waals surface area contributed by atoms with Crippen LogP contribution >= 0.6 is 12.2 Å². The van der Waals surface area contributed by atoms with E-state index in [4.69, 9.17) is 26.4 Å². The number of amides is 1. The minimum atomic E-state index is -0.356. The number of carbonyl (C=O) groups is 1. The molecule has 33 heavy (non-hydrogen) atoms. The van der Waals surface area contributed by atoms with Gasteiger partial charge in [0.25, 0.3) is 0 Å². The fraction of sp³-hybridized carbons (Fsp3) is 0.360. The van der Waals surface area contributed by atoms with Gasteiger partial charge in [0, 0.05) is 11.8 Å². The third-order valence-electron chi connectivity index (χ3n) is 4.58. The summed E-state index contributed by atoms with van der Waals surface area (Å²) in [5.41, 5.74) is 1.58. The van der Waals surface area contributed by atoms with E-state index in [1.54, 1.807) is 39.5 Å². The molecule has 3 N–H and O–H groups in total. The summed E-state index contributed by atoms with van der Waals surface area (Å²) in [7, 11) is 4.64. The van der Waals surface area contributed by atoms with Gasteiger partial charge >= 0.3 is 0 Å². The zero-order chi connectivity index (χ0) is 24.4. The van der Waals surface area contributed by atoms with Crippen LogP contribution in [0.4, 0.5) is 5.69 Å². The van der Waals surface area contributed by atoms with E-state index >= 15 is 0 Å². The molecule has 1 unspecified atom stereocenters. The zero-order valence-corrected chi connectivity index (χ0v) is 20.8. The van der Waals surface area contributed by atoms with Crippen molar-refractivity contribution in [2.45, 2.75) is 33.4 Å². The Labute approximate surface area is 201 Å². The molecule has 0 radical (unpaired) electrons. The van der Waals surface area contributed by atoms with E-state index in [9.17, 15) is 4.79 Å². The Morgan fingerprint density at radius 3 is 2.12 bits per heavy atom. The smallest absolute Gasteiger partial charge is 0.245 e. The Bertz CT molecular complexity index is 946. The quantitative estimate of drug-likeness (QED) is 0.280. The van der Waals surface area contributed by atoms with Crippen molar-refractivity contribution in [2.24, 2.45) is 5.41 Å². The Morgan fingerprint density at radius 2 is 1.61 bits per heavy atom. The maximum absolute atomic E-state index is 12.7. The standard InChI is InChI=1S/C25H33N3O4S/c1-25(2,3)16-21(28-24(33)26-18-10-8-7-9-11-18)27-22(29)13-12-17-14-19(30-4)23(32-6)20(15-17)31-5/h7-15,21H,16H2,1-6H3,(H,27,29)(H2,26,28,33)/b13-12+. The van der Waals surface area contributed by atoms with Crippen LogP contribution in [0.2, 0.25) is 0 Å². The highest BCUT2D eigenvalue weighted by Crippen LogP contribution is 2.38. The second kappa shape index (κ2) is 12.1. The van der Waals surface area contributed by atoms with Crippen molar-refractivity contribution < 1.29 is 19.0 Å². The normalized spacial score (nSPS) is 12.1. The second-order valence-corrected chi connectivity index (χ2v) is 8.99. The van der Waals surface area contributed by atoms with Gasteiger partial charge in [-0.2, -0.15) is 0 Å². The van der Waals surface area contributed by atoms with Crippen LogP contribution < -0.4 is 30.2 Å². The van der Waals surface area contributed by atoms with Crippen LogP contribution in [0.5, 0.6) is 17.2 Å². The van der Waals surface area contributed by atoms with Gasteiger partial charge in [-0.05, 0) is 60.0 Å². The molecular weight excluding hydrogens is 438 g/mol. The van der Waals surface area contributed by atoms with Crippen LogP contribution in [0.15, 0.2) is 48.5 Å². The van der Waals surface area contributed by atoms with Gasteiger partial charge in [0.05, 0.1) is 21.3 Å². The first kappa shape index (κ1) is 26.0. The number of nitrogens with one attached hydrogen (secondary N) is 3. The molecule has 0 heterocycles. The van der Waals surface area contributed by atoms with Crippen molar-refractivity contribution in [1.82, 2.24) is 10.6 Å². The van der Waals surface area contributed by atoms with Gasteiger partial charge in [0.1, 0.15) is 6.17 Å². The van der Waals surface area contributed by atoms with Gasteiger partial charge in [0.2, 0.25) is 11.7 Å². The topological polar surface area (TPSA) is 80.9 Å². The van der Waals surface area contributed by atoms with E-state index in [2.05, 4.69) is 36.7 Å². The number of benzene rings is 2. The summed E-state index contributed by atoms with van der Waals surface area (Å²) in [6.07, 6.45) is 3.47. The van der Waals surface area contributed by atoms with Crippen molar-refractivity contribution in [3.63, 3.8) is 0 Å². The summed E-state index contributed by atoms with van der Waals surface area (Å²) in [6, 6.07) is 13.2. The Balaban J connectivity index is 2.10. The SMILES string of the molecule is COc1cc(/C=C/C(=O)NC(CC(C)(C)C)NC(=S)Nc2ccccc2)cc(OC)c1OC. The number of methoxy groups -OCH3 is 3. The third kappa shape index (κ3) is 8.65. The lowest BCUT2D eigenvalue weighted by Crippen LogP contribution is -2.50. The molecule has 2 rings (SSSR count). The van der Waals surface area contributed by atoms with E-state index in [1.165, 1.54) is 6.08 Å². The van der Waals surface area contributed by atoms with E-state index in [-0.39, 0.29) is 17.5 Å². The first-order valence-corrected chi connectivity index (χ1v) is 11.0. The van der Waals surface area contributed by atoms with Crippen molar-refractivity contribution in [3.05, 3.63) is 54.1 Å². The van der Waals surface area contributed by atoms with Crippen molar-refractivity contribution in [1.29, 1.82) is 0 Å². The molecule has 1 amide bonds. The fourth-order valence-electron chi connectivity index (χ4n) is 3.19. The largest absolute Gasteiger partial charge is 0.493 e. The van der Waals surface area contributed by atoms with Crippen LogP contribution in [-0.2, 0) is 4.79 Å². The number of para-hydroxylation sites is 1. The molecule has 0 bridgehead atoms. The molecule has 178 valence electrons. The minimum Gasteiger partial charge on any atom is -0.493 e. The van der Waals surface area contributed by atoms with Gasteiger partial charge < -0.3 is 30.2 Å². The van der Waals surface area contributed by atoms with Crippen LogP contribution in [0.3, 0.4) is 0 Å². The average Bonchev–Trinajstić information content (AvgIpc) is 2.76. The number of hydrogen-bond donors (Lipinski definition) is 3. The predicted molar refractivity (Wildman–Crippen MR) is 137 cm³/mol. The maximum atomic E-state index is 12.7. The first-order chi connectivity index (χ1) is 15.6. The lowest BCUT2D eigenvalue weighted by molar-refractivity contribution is -0.117. The Hall–Kier alpha value is -3.26. The van der Waals surface area contributed by atoms with Gasteiger partial charge in [-0.15, -0.1) is 0 Å². The first-order valence-electron chi connectivity index (χ1n) is 10.6. The van der Waals surface area contributed by atoms with E-state index < -0.39 is 0 Å². The molecule has 1 atom stereocenters. The van der Waals surface area contributed by atoms with Crippen LogP contribution in [0.1, 0.15) is 32.8 Å². The highest BCUT2D eigenvalue weighted by molar-refractivity contribution is 7.80. The molecule has 8 heteroatoms. The van der Waals surface area contributed by atoms with Gasteiger partial charge in [-0.25, -0.2) is 0 Å². The average molecular weight is 472 g/mol. The maximum Gasteiger partial charge on any atom is 0.245 e. The number of carbonyl (C=O) groups excluding carboxylic acids is 1. The molecule has 2 aromatic carbocycles. The minimum absolute atomic E-state index is 0.0340. The number of thiocarbonyl (C=S) groups is 1. The number of rotatable bonds is 9. The number of hydrogen-bond acceptors (Lipinski definition) is 5. The number of ether oxygens (including phenoxy) is 3. The summed E-state index contributed by atoms with van der Waals surface area (Å²) in [5.74, 6) is 1.27. The van der Waals surface area contributed by atoms with Crippen LogP contribution in [-0.4, -0.2) is 38.5 Å². The van der Waals surface area contributed by atoms with Crippen molar-refractivity contribution in [3.8, 4) is 17.2 Å². The summed E-state index contributed by atoms with van der Waals surface area (Å²) in [5, 5.41) is 9.76. The lowest BCUT2D eigenvalue weighted by atomic mass is 9.90. The number of anilines is 1. The third-order valence-corrected chi connectivity index (χ3v) is 4.80. The predicted octanol–water partition coefficient (Wildman–Crippen LogP) is 4.59. The molecular formula is C25H33N3O4S. The summed E-state index contributed by atoms with van der Waals surface area (Å²) in [6.45, 7) is 6.31. The molecule has 0 aliphatic heterocycles. The Kier molecular flexibility index (Phi) is 9.54. The Morgan fingerprint density at radius 1 is 1.00 bits per heavy atom. The summed E-state index contributed by atoms with van der Waals surface area (Å²) < 4.78 is 16.1. The highest BCUT2D eigenvalue weighted by Gasteiger charge is 2.21. The fourth-order valence-corrected chi connectivity index (χ4v) is 3.45. The van der Waals surface area contributed by atoms with E-state index in [0.717, 1.165) is 11.3 Å². The second-order valence-electron chi connectivity index (χ2n) is 8.58. The monoisotopic (exact) mass is 471 g/mol.